The average molecular weight is 402 g/mol. The van der Waals surface area contributed by atoms with Gasteiger partial charge in [0.05, 0.1) is 21.3 Å². The van der Waals surface area contributed by atoms with Crippen LogP contribution in [-0.4, -0.2) is 27.7 Å². The van der Waals surface area contributed by atoms with Crippen LogP contribution >= 0.6 is 27.5 Å². The number of ether oxygens (including phenoxy) is 1. The molecule has 2 atom stereocenters. The number of nitrogen functional groups attached to an aromatic ring is 1. The number of sulfonamides is 1. The first-order valence-corrected chi connectivity index (χ1v) is 8.91. The summed E-state index contributed by atoms with van der Waals surface area (Å²) in [6.07, 6.45) is 2.03. The molecule has 0 amide bonds. The second kappa shape index (κ2) is 6.37. The molecule has 0 spiro atoms. The van der Waals surface area contributed by atoms with Crippen molar-refractivity contribution in [2.45, 2.75) is 36.3 Å². The summed E-state index contributed by atoms with van der Waals surface area (Å²) in [7, 11) is -2.55. The number of rotatable bonds is 4. The van der Waals surface area contributed by atoms with Gasteiger partial charge in [-0.2, -0.15) is 0 Å². The number of anilines is 1. The quantitative estimate of drug-likeness (QED) is 0.600. The molecule has 1 fully saturated rings. The van der Waals surface area contributed by atoms with Crippen molar-refractivity contribution in [2.75, 3.05) is 12.8 Å². The molecule has 118 valence electrons. The van der Waals surface area contributed by atoms with Gasteiger partial charge in [-0.3, -0.25) is 0 Å². The predicted octanol–water partition coefficient (Wildman–Crippen LogP) is 2.67. The molecule has 0 saturated heterocycles. The highest BCUT2D eigenvalue weighted by Crippen LogP contribution is 2.35. The van der Waals surface area contributed by atoms with Gasteiger partial charge in [0, 0.05) is 13.2 Å². The highest BCUT2D eigenvalue weighted by Gasteiger charge is 2.33. The molecule has 1 aliphatic rings. The van der Waals surface area contributed by atoms with Crippen LogP contribution in [0.5, 0.6) is 0 Å². The predicted molar refractivity (Wildman–Crippen MR) is 82.3 cm³/mol. The van der Waals surface area contributed by atoms with E-state index in [9.17, 15) is 12.8 Å². The number of hydrogen-bond acceptors (Lipinski definition) is 4. The fourth-order valence-electron chi connectivity index (χ4n) is 2.40. The van der Waals surface area contributed by atoms with Crippen molar-refractivity contribution in [1.82, 2.24) is 4.72 Å². The molecule has 0 heterocycles. The highest BCUT2D eigenvalue weighted by molar-refractivity contribution is 9.10. The number of halogens is 3. The van der Waals surface area contributed by atoms with Crippen LogP contribution in [0.1, 0.15) is 19.3 Å². The van der Waals surface area contributed by atoms with Crippen LogP contribution < -0.4 is 10.5 Å². The maximum Gasteiger partial charge on any atom is 0.243 e. The van der Waals surface area contributed by atoms with Gasteiger partial charge < -0.3 is 10.5 Å². The van der Waals surface area contributed by atoms with Crippen molar-refractivity contribution in [2.24, 2.45) is 0 Å². The second-order valence-electron chi connectivity index (χ2n) is 4.83. The van der Waals surface area contributed by atoms with Gasteiger partial charge in [-0.05, 0) is 41.3 Å². The molecule has 21 heavy (non-hydrogen) atoms. The van der Waals surface area contributed by atoms with Crippen LogP contribution in [0.4, 0.5) is 10.1 Å². The topological polar surface area (TPSA) is 81.4 Å². The highest BCUT2D eigenvalue weighted by atomic mass is 79.9. The molecule has 2 rings (SSSR count). The van der Waals surface area contributed by atoms with Crippen molar-refractivity contribution in [1.29, 1.82) is 0 Å². The van der Waals surface area contributed by atoms with E-state index >= 15 is 0 Å². The van der Waals surface area contributed by atoms with E-state index in [2.05, 4.69) is 20.7 Å². The summed E-state index contributed by atoms with van der Waals surface area (Å²) in [5, 5.41) is 0.0315. The third kappa shape index (κ3) is 3.34. The smallest absolute Gasteiger partial charge is 0.243 e. The van der Waals surface area contributed by atoms with Gasteiger partial charge in [0.2, 0.25) is 10.0 Å². The van der Waals surface area contributed by atoms with Crippen molar-refractivity contribution in [3.8, 4) is 0 Å². The first kappa shape index (κ1) is 17.0. The molecular weight excluding hydrogens is 387 g/mol. The van der Waals surface area contributed by atoms with Crippen molar-refractivity contribution >= 4 is 43.2 Å². The Morgan fingerprint density at radius 3 is 2.81 bits per heavy atom. The molecule has 3 N–H and O–H groups in total. The van der Waals surface area contributed by atoms with E-state index < -0.39 is 20.7 Å². The Hall–Kier alpha value is -0.410. The zero-order valence-electron chi connectivity index (χ0n) is 11.2. The molecule has 5 nitrogen and oxygen atoms in total. The van der Waals surface area contributed by atoms with Gasteiger partial charge in [0.15, 0.2) is 5.82 Å². The maximum absolute atomic E-state index is 14.1. The lowest BCUT2D eigenvalue weighted by atomic mass is 10.2. The summed E-state index contributed by atoms with van der Waals surface area (Å²) in [4.78, 5) is -0.560. The first-order chi connectivity index (χ1) is 9.77. The number of nitrogens with two attached hydrogens (primary N) is 1. The molecule has 9 heteroatoms. The van der Waals surface area contributed by atoms with Crippen LogP contribution in [0.2, 0.25) is 5.02 Å². The Kier molecular flexibility index (Phi) is 5.15. The number of nitrogens with one attached hydrogen (secondary N) is 1. The van der Waals surface area contributed by atoms with E-state index in [1.807, 2.05) is 0 Å². The van der Waals surface area contributed by atoms with Gasteiger partial charge in [-0.1, -0.05) is 11.6 Å². The second-order valence-corrected chi connectivity index (χ2v) is 7.71. The minimum Gasteiger partial charge on any atom is -0.395 e. The number of methoxy groups -OCH3 is 1. The van der Waals surface area contributed by atoms with E-state index in [0.29, 0.717) is 6.42 Å². The standard InChI is InChI=1S/C12H15BrClFN2O3S/c1-20-8-4-2-3-7(8)17-21(18,19)9-5-6(14)10(13)12(16)11(9)15/h5,7-8,17H,2-4,16H2,1H3. The maximum atomic E-state index is 14.1. The summed E-state index contributed by atoms with van der Waals surface area (Å²) >= 11 is 8.87. The molecule has 1 aromatic rings. The lowest BCUT2D eigenvalue weighted by Crippen LogP contribution is -2.41. The summed E-state index contributed by atoms with van der Waals surface area (Å²) in [6.45, 7) is 0. The Balaban J connectivity index is 2.36. The van der Waals surface area contributed by atoms with Gasteiger partial charge >= 0.3 is 0 Å². The Labute approximate surface area is 136 Å². The van der Waals surface area contributed by atoms with Crippen LogP contribution in [0.15, 0.2) is 15.4 Å². The Bertz CT molecular complexity index is 656. The lowest BCUT2D eigenvalue weighted by molar-refractivity contribution is 0.0916. The van der Waals surface area contributed by atoms with Crippen molar-refractivity contribution in [3.63, 3.8) is 0 Å². The van der Waals surface area contributed by atoms with E-state index in [1.165, 1.54) is 7.11 Å². The average Bonchev–Trinajstić information content (AvgIpc) is 2.86. The van der Waals surface area contributed by atoms with E-state index in [1.54, 1.807) is 0 Å². The van der Waals surface area contributed by atoms with Crippen LogP contribution in [-0.2, 0) is 14.8 Å². The van der Waals surface area contributed by atoms with Crippen molar-refractivity contribution in [3.05, 3.63) is 21.4 Å². The van der Waals surface area contributed by atoms with Crippen molar-refractivity contribution < 1.29 is 17.5 Å². The van der Waals surface area contributed by atoms with E-state index in [-0.39, 0.29) is 27.3 Å². The lowest BCUT2D eigenvalue weighted by Gasteiger charge is -2.20. The summed E-state index contributed by atoms with van der Waals surface area (Å²) < 4.78 is 46.7. The van der Waals surface area contributed by atoms with Gasteiger partial charge in [-0.15, -0.1) is 0 Å². The van der Waals surface area contributed by atoms with Gasteiger partial charge in [0.1, 0.15) is 4.90 Å². The Morgan fingerprint density at radius 1 is 1.52 bits per heavy atom. The molecule has 1 aliphatic carbocycles. The monoisotopic (exact) mass is 400 g/mol. The van der Waals surface area contributed by atoms with Gasteiger partial charge in [0.25, 0.3) is 0 Å². The molecule has 0 aliphatic heterocycles. The molecule has 2 unspecified atom stereocenters. The minimum atomic E-state index is -4.07. The Morgan fingerprint density at radius 2 is 2.19 bits per heavy atom. The normalized spacial score (nSPS) is 22.7. The molecule has 0 bridgehead atoms. The molecule has 0 radical (unpaired) electrons. The summed E-state index contributed by atoms with van der Waals surface area (Å²) in [5.74, 6) is -1.02. The largest absolute Gasteiger partial charge is 0.395 e. The third-order valence-corrected chi connectivity index (χ3v) is 6.38. The third-order valence-electron chi connectivity index (χ3n) is 3.51. The summed E-state index contributed by atoms with van der Waals surface area (Å²) in [6, 6.07) is 0.652. The molecule has 1 aromatic carbocycles. The summed E-state index contributed by atoms with van der Waals surface area (Å²) in [5.41, 5.74) is 5.18. The number of benzene rings is 1. The SMILES string of the molecule is COC1CCCC1NS(=O)(=O)c1cc(Cl)c(Br)c(N)c1F. The zero-order valence-corrected chi connectivity index (χ0v) is 14.4. The van der Waals surface area contributed by atoms with Crippen LogP contribution in [0.25, 0.3) is 0 Å². The van der Waals surface area contributed by atoms with E-state index in [0.717, 1.165) is 18.9 Å². The van der Waals surface area contributed by atoms with Gasteiger partial charge in [-0.25, -0.2) is 17.5 Å². The fourth-order valence-corrected chi connectivity index (χ4v) is 4.38. The molecule has 1 saturated carbocycles. The van der Waals surface area contributed by atoms with Crippen LogP contribution in [0, 0.1) is 5.82 Å². The molecular formula is C12H15BrClFN2O3S. The number of hydrogen-bond donors (Lipinski definition) is 2. The zero-order chi connectivity index (χ0) is 15.8. The van der Waals surface area contributed by atoms with E-state index in [4.69, 9.17) is 22.1 Å². The fraction of sp³-hybridized carbons (Fsp3) is 0.500. The molecule has 0 aromatic heterocycles. The first-order valence-electron chi connectivity index (χ1n) is 6.26. The minimum absolute atomic E-state index is 0.0315. The van der Waals surface area contributed by atoms with Crippen LogP contribution in [0.3, 0.4) is 0 Å².